The van der Waals surface area contributed by atoms with Crippen molar-refractivity contribution in [1.82, 2.24) is 10.2 Å². The van der Waals surface area contributed by atoms with E-state index in [0.29, 0.717) is 11.7 Å². The van der Waals surface area contributed by atoms with Crippen molar-refractivity contribution in [1.29, 1.82) is 0 Å². The van der Waals surface area contributed by atoms with Crippen LogP contribution in [0.25, 0.3) is 0 Å². The van der Waals surface area contributed by atoms with E-state index in [4.69, 9.17) is 0 Å². The minimum absolute atomic E-state index is 0.177. The van der Waals surface area contributed by atoms with E-state index in [0.717, 1.165) is 32.5 Å². The molecule has 3 heteroatoms. The number of hydrogen-bond donors (Lipinski definition) is 1. The molecule has 0 aromatic heterocycles. The van der Waals surface area contributed by atoms with E-state index in [1.54, 1.807) is 0 Å². The van der Waals surface area contributed by atoms with E-state index in [2.05, 4.69) is 17.3 Å². The highest BCUT2D eigenvalue weighted by atomic mass is 16.1. The number of likely N-dealkylation sites (tertiary alicyclic amines) is 1. The van der Waals surface area contributed by atoms with E-state index in [1.165, 1.54) is 6.42 Å². The lowest BCUT2D eigenvalue weighted by Crippen LogP contribution is -2.36. The largest absolute Gasteiger partial charge is 0.307 e. The van der Waals surface area contributed by atoms with Gasteiger partial charge < -0.3 is 10.2 Å². The molecule has 0 radical (unpaired) electrons. The molecule has 2 fully saturated rings. The second kappa shape index (κ2) is 3.76. The number of Topliss-reactive ketones (excluding diaryl/α,β-unsaturated/α-hetero) is 1. The van der Waals surface area contributed by atoms with Gasteiger partial charge in [0.25, 0.3) is 0 Å². The van der Waals surface area contributed by atoms with Crippen molar-refractivity contribution in [3.63, 3.8) is 0 Å². The topological polar surface area (TPSA) is 32.3 Å². The van der Waals surface area contributed by atoms with Gasteiger partial charge in [-0.25, -0.2) is 0 Å². The third-order valence-electron chi connectivity index (χ3n) is 3.20. The van der Waals surface area contributed by atoms with Gasteiger partial charge in [-0.1, -0.05) is 0 Å². The number of rotatable bonds is 2. The van der Waals surface area contributed by atoms with Crippen molar-refractivity contribution in [2.75, 3.05) is 26.7 Å². The van der Waals surface area contributed by atoms with E-state index in [1.807, 2.05) is 0 Å². The van der Waals surface area contributed by atoms with Crippen LogP contribution in [0.3, 0.4) is 0 Å². The first-order valence-electron chi connectivity index (χ1n) is 5.23. The van der Waals surface area contributed by atoms with Crippen molar-refractivity contribution in [2.45, 2.75) is 25.3 Å². The molecular weight excluding hydrogens is 164 g/mol. The fourth-order valence-corrected chi connectivity index (χ4v) is 2.38. The average molecular weight is 182 g/mol. The van der Waals surface area contributed by atoms with Gasteiger partial charge in [-0.15, -0.1) is 0 Å². The van der Waals surface area contributed by atoms with Crippen LogP contribution in [0.2, 0.25) is 0 Å². The Morgan fingerprint density at radius 3 is 2.85 bits per heavy atom. The van der Waals surface area contributed by atoms with Gasteiger partial charge >= 0.3 is 0 Å². The van der Waals surface area contributed by atoms with E-state index < -0.39 is 0 Å². The van der Waals surface area contributed by atoms with Crippen molar-refractivity contribution >= 4 is 5.78 Å². The van der Waals surface area contributed by atoms with Gasteiger partial charge in [0.15, 0.2) is 5.78 Å². The van der Waals surface area contributed by atoms with E-state index in [-0.39, 0.29) is 6.04 Å². The minimum Gasteiger partial charge on any atom is -0.307 e. The predicted octanol–water partition coefficient (Wildman–Crippen LogP) is 0.259. The predicted molar refractivity (Wildman–Crippen MR) is 51.6 cm³/mol. The zero-order valence-electron chi connectivity index (χ0n) is 8.25. The summed E-state index contributed by atoms with van der Waals surface area (Å²) in [5.41, 5.74) is 0. The molecule has 0 aromatic rings. The summed E-state index contributed by atoms with van der Waals surface area (Å²) in [5, 5.41) is 3.28. The lowest BCUT2D eigenvalue weighted by atomic mass is 9.96. The standard InChI is InChI=1S/C10H18N2O/c1-12-6-4-8(7-12)10(13)9-3-2-5-11-9/h8-9,11H,2-7H2,1H3. The smallest absolute Gasteiger partial charge is 0.154 e. The highest BCUT2D eigenvalue weighted by molar-refractivity contribution is 5.87. The first-order valence-corrected chi connectivity index (χ1v) is 5.23. The first-order chi connectivity index (χ1) is 6.27. The molecule has 0 bridgehead atoms. The van der Waals surface area contributed by atoms with Gasteiger partial charge in [0.05, 0.1) is 6.04 Å². The maximum atomic E-state index is 11.9. The summed E-state index contributed by atoms with van der Waals surface area (Å²) in [4.78, 5) is 14.2. The van der Waals surface area contributed by atoms with Crippen LogP contribution in [0.15, 0.2) is 0 Å². The Kier molecular flexibility index (Phi) is 2.65. The number of ketones is 1. The summed E-state index contributed by atoms with van der Waals surface area (Å²) in [6.07, 6.45) is 3.28. The summed E-state index contributed by atoms with van der Waals surface area (Å²) in [7, 11) is 2.09. The van der Waals surface area contributed by atoms with E-state index >= 15 is 0 Å². The SMILES string of the molecule is CN1CCC(C(=O)C2CCCN2)C1. The Morgan fingerprint density at radius 1 is 1.46 bits per heavy atom. The Bertz CT molecular complexity index is 199. The van der Waals surface area contributed by atoms with Crippen LogP contribution in [0.4, 0.5) is 0 Å². The lowest BCUT2D eigenvalue weighted by molar-refractivity contribution is -0.124. The molecule has 2 saturated heterocycles. The maximum absolute atomic E-state index is 11.9. The molecule has 74 valence electrons. The van der Waals surface area contributed by atoms with Crippen LogP contribution >= 0.6 is 0 Å². The summed E-state index contributed by atoms with van der Waals surface area (Å²) < 4.78 is 0. The molecule has 0 aromatic carbocycles. The Hall–Kier alpha value is -0.410. The van der Waals surface area contributed by atoms with Gasteiger partial charge in [-0.2, -0.15) is 0 Å². The van der Waals surface area contributed by atoms with Gasteiger partial charge in [-0.05, 0) is 39.4 Å². The van der Waals surface area contributed by atoms with Gasteiger partial charge in [0.2, 0.25) is 0 Å². The third-order valence-corrected chi connectivity index (χ3v) is 3.20. The summed E-state index contributed by atoms with van der Waals surface area (Å²) >= 11 is 0. The second-order valence-electron chi connectivity index (χ2n) is 4.30. The average Bonchev–Trinajstić information content (AvgIpc) is 2.72. The van der Waals surface area contributed by atoms with Crippen LogP contribution in [-0.4, -0.2) is 43.4 Å². The highest BCUT2D eigenvalue weighted by Crippen LogP contribution is 2.19. The molecule has 0 spiro atoms. The normalized spacial score (nSPS) is 35.5. The molecule has 2 heterocycles. The number of nitrogens with one attached hydrogen (secondary N) is 1. The quantitative estimate of drug-likeness (QED) is 0.665. The van der Waals surface area contributed by atoms with Crippen LogP contribution in [0.1, 0.15) is 19.3 Å². The van der Waals surface area contributed by atoms with Crippen LogP contribution in [0.5, 0.6) is 0 Å². The fraction of sp³-hybridized carbons (Fsp3) is 0.900. The van der Waals surface area contributed by atoms with Crippen molar-refractivity contribution in [3.8, 4) is 0 Å². The number of nitrogens with zero attached hydrogens (tertiary/aromatic N) is 1. The van der Waals surface area contributed by atoms with Gasteiger partial charge in [0, 0.05) is 12.5 Å². The van der Waals surface area contributed by atoms with Gasteiger partial charge in [-0.3, -0.25) is 4.79 Å². The Morgan fingerprint density at radius 2 is 2.31 bits per heavy atom. The molecule has 1 N–H and O–H groups in total. The molecule has 2 rings (SSSR count). The summed E-state index contributed by atoms with van der Waals surface area (Å²) in [6, 6.07) is 0.177. The molecule has 2 atom stereocenters. The van der Waals surface area contributed by atoms with Crippen LogP contribution in [0, 0.1) is 5.92 Å². The molecule has 2 unspecified atom stereocenters. The molecule has 0 amide bonds. The lowest BCUT2D eigenvalue weighted by Gasteiger charge is -2.14. The third kappa shape index (κ3) is 1.92. The van der Waals surface area contributed by atoms with Gasteiger partial charge in [0.1, 0.15) is 0 Å². The molecule has 0 saturated carbocycles. The zero-order valence-corrected chi connectivity index (χ0v) is 8.25. The van der Waals surface area contributed by atoms with Crippen molar-refractivity contribution in [2.24, 2.45) is 5.92 Å². The molecule has 2 aliphatic heterocycles. The first kappa shape index (κ1) is 9.16. The molecule has 2 aliphatic rings. The number of carbonyl (C=O) groups excluding carboxylic acids is 1. The Labute approximate surface area is 79.5 Å². The maximum Gasteiger partial charge on any atom is 0.154 e. The number of carbonyl (C=O) groups is 1. The number of hydrogen-bond acceptors (Lipinski definition) is 3. The monoisotopic (exact) mass is 182 g/mol. The molecule has 0 aliphatic carbocycles. The summed E-state index contributed by atoms with van der Waals surface area (Å²) in [6.45, 7) is 3.08. The molecular formula is C10H18N2O. The van der Waals surface area contributed by atoms with Crippen molar-refractivity contribution in [3.05, 3.63) is 0 Å². The van der Waals surface area contributed by atoms with Crippen LogP contribution < -0.4 is 5.32 Å². The molecule has 13 heavy (non-hydrogen) atoms. The minimum atomic E-state index is 0.177. The second-order valence-corrected chi connectivity index (χ2v) is 4.30. The highest BCUT2D eigenvalue weighted by Gasteiger charge is 2.32. The van der Waals surface area contributed by atoms with Crippen molar-refractivity contribution < 1.29 is 4.79 Å². The zero-order chi connectivity index (χ0) is 9.26. The summed E-state index contributed by atoms with van der Waals surface area (Å²) in [5.74, 6) is 0.766. The van der Waals surface area contributed by atoms with Crippen LogP contribution in [-0.2, 0) is 4.79 Å². The Balaban J connectivity index is 1.89. The fourth-order valence-electron chi connectivity index (χ4n) is 2.38. The van der Waals surface area contributed by atoms with E-state index in [9.17, 15) is 4.79 Å². The molecule has 3 nitrogen and oxygen atoms in total.